The van der Waals surface area contributed by atoms with E-state index in [1.807, 2.05) is 19.1 Å². The summed E-state index contributed by atoms with van der Waals surface area (Å²) in [4.78, 5) is 4.12. The first kappa shape index (κ1) is 17.5. The smallest absolute Gasteiger partial charge is 0.389 e. The number of hydrogen-bond acceptors (Lipinski definition) is 4. The SMILES string of the molecule is CC1Oc2cc(OCC(N)CCC(F)(F)F)ccc2-c2ccncc21. The second-order valence-electron chi connectivity index (χ2n) is 6.11. The molecular weight excluding hydrogens is 333 g/mol. The maximum Gasteiger partial charge on any atom is 0.389 e. The van der Waals surface area contributed by atoms with Crippen molar-refractivity contribution < 1.29 is 22.6 Å². The van der Waals surface area contributed by atoms with E-state index in [1.165, 1.54) is 0 Å². The first-order valence-electron chi connectivity index (χ1n) is 8.03. The van der Waals surface area contributed by atoms with Crippen LogP contribution in [-0.4, -0.2) is 23.8 Å². The Morgan fingerprint density at radius 2 is 2.08 bits per heavy atom. The largest absolute Gasteiger partial charge is 0.492 e. The summed E-state index contributed by atoms with van der Waals surface area (Å²) >= 11 is 0. The molecule has 0 aliphatic carbocycles. The third kappa shape index (κ3) is 4.22. The van der Waals surface area contributed by atoms with E-state index in [0.29, 0.717) is 11.5 Å². The Hall–Kier alpha value is -2.28. The predicted octanol–water partition coefficient (Wildman–Crippen LogP) is 4.25. The summed E-state index contributed by atoms with van der Waals surface area (Å²) in [6.45, 7) is 1.95. The Bertz CT molecular complexity index is 749. The van der Waals surface area contributed by atoms with E-state index < -0.39 is 18.6 Å². The molecule has 0 saturated carbocycles. The van der Waals surface area contributed by atoms with Gasteiger partial charge < -0.3 is 15.2 Å². The Labute approximate surface area is 143 Å². The second-order valence-corrected chi connectivity index (χ2v) is 6.11. The minimum Gasteiger partial charge on any atom is -0.492 e. The van der Waals surface area contributed by atoms with Gasteiger partial charge in [-0.15, -0.1) is 0 Å². The number of aromatic nitrogens is 1. The zero-order valence-corrected chi connectivity index (χ0v) is 13.7. The van der Waals surface area contributed by atoms with E-state index in [-0.39, 0.29) is 19.1 Å². The highest BCUT2D eigenvalue weighted by atomic mass is 19.4. The van der Waals surface area contributed by atoms with Crippen molar-refractivity contribution in [2.45, 2.75) is 38.1 Å². The number of benzene rings is 1. The Morgan fingerprint density at radius 1 is 1.28 bits per heavy atom. The number of pyridine rings is 1. The van der Waals surface area contributed by atoms with Crippen LogP contribution in [0, 0.1) is 0 Å². The number of alkyl halides is 3. The van der Waals surface area contributed by atoms with Gasteiger partial charge in [-0.1, -0.05) is 0 Å². The van der Waals surface area contributed by atoms with Crippen LogP contribution in [0.3, 0.4) is 0 Å². The van der Waals surface area contributed by atoms with Crippen LogP contribution < -0.4 is 15.2 Å². The van der Waals surface area contributed by atoms with Crippen molar-refractivity contribution in [1.82, 2.24) is 4.98 Å². The van der Waals surface area contributed by atoms with Gasteiger partial charge >= 0.3 is 6.18 Å². The highest BCUT2D eigenvalue weighted by molar-refractivity contribution is 5.76. The molecule has 0 radical (unpaired) electrons. The molecule has 1 aliphatic rings. The van der Waals surface area contributed by atoms with Gasteiger partial charge in [0.15, 0.2) is 0 Å². The second kappa shape index (κ2) is 6.92. The molecule has 2 aromatic rings. The molecule has 3 rings (SSSR count). The number of fused-ring (bicyclic) bond motifs is 3. The van der Waals surface area contributed by atoms with Gasteiger partial charge in [0.2, 0.25) is 0 Å². The lowest BCUT2D eigenvalue weighted by molar-refractivity contribution is -0.136. The van der Waals surface area contributed by atoms with Crippen molar-refractivity contribution in [3.8, 4) is 22.6 Å². The third-order valence-corrected chi connectivity index (χ3v) is 4.10. The Balaban J connectivity index is 1.68. The summed E-state index contributed by atoms with van der Waals surface area (Å²) < 4.78 is 48.1. The number of ether oxygens (including phenoxy) is 2. The molecule has 0 fully saturated rings. The minimum atomic E-state index is -4.20. The highest BCUT2D eigenvalue weighted by Gasteiger charge is 2.28. The summed E-state index contributed by atoms with van der Waals surface area (Å²) in [5.41, 5.74) is 8.69. The van der Waals surface area contributed by atoms with Crippen molar-refractivity contribution in [2.75, 3.05) is 6.61 Å². The zero-order valence-electron chi connectivity index (χ0n) is 13.7. The minimum absolute atomic E-state index is 0.0188. The first-order chi connectivity index (χ1) is 11.8. The quantitative estimate of drug-likeness (QED) is 0.874. The summed E-state index contributed by atoms with van der Waals surface area (Å²) in [5, 5.41) is 0. The lowest BCUT2D eigenvalue weighted by Crippen LogP contribution is -2.29. The average molecular weight is 352 g/mol. The molecule has 1 aromatic carbocycles. The average Bonchev–Trinajstić information content (AvgIpc) is 2.57. The molecule has 4 nitrogen and oxygen atoms in total. The van der Waals surface area contributed by atoms with Crippen LogP contribution in [-0.2, 0) is 0 Å². The monoisotopic (exact) mass is 352 g/mol. The van der Waals surface area contributed by atoms with Gasteiger partial charge in [0.05, 0.1) is 0 Å². The molecule has 0 saturated heterocycles. The maximum atomic E-state index is 12.2. The third-order valence-electron chi connectivity index (χ3n) is 4.10. The summed E-state index contributed by atoms with van der Waals surface area (Å²) in [5.74, 6) is 1.19. The van der Waals surface area contributed by atoms with Gasteiger partial charge in [0.25, 0.3) is 0 Å². The van der Waals surface area contributed by atoms with Crippen LogP contribution in [0.2, 0.25) is 0 Å². The van der Waals surface area contributed by atoms with Gasteiger partial charge in [-0.2, -0.15) is 13.2 Å². The van der Waals surface area contributed by atoms with E-state index in [0.717, 1.165) is 16.7 Å². The van der Waals surface area contributed by atoms with Crippen molar-refractivity contribution in [3.63, 3.8) is 0 Å². The number of halogens is 3. The number of hydrogen-bond donors (Lipinski definition) is 1. The fourth-order valence-corrected chi connectivity index (χ4v) is 2.78. The molecule has 1 aromatic heterocycles. The van der Waals surface area contributed by atoms with Crippen molar-refractivity contribution in [3.05, 3.63) is 42.2 Å². The van der Waals surface area contributed by atoms with E-state index in [1.54, 1.807) is 24.5 Å². The van der Waals surface area contributed by atoms with Crippen molar-refractivity contribution in [1.29, 1.82) is 0 Å². The van der Waals surface area contributed by atoms with Gasteiger partial charge in [0.1, 0.15) is 24.2 Å². The molecule has 7 heteroatoms. The topological polar surface area (TPSA) is 57.4 Å². The van der Waals surface area contributed by atoms with Crippen molar-refractivity contribution in [2.24, 2.45) is 5.73 Å². The normalized spacial score (nSPS) is 17.2. The standard InChI is InChI=1S/C18H19F3N2O2/c1-11-16-9-23-7-5-14(16)15-3-2-13(8-17(15)25-11)24-10-12(22)4-6-18(19,20)21/h2-3,5,7-9,11-12H,4,6,10,22H2,1H3. The van der Waals surface area contributed by atoms with Crippen LogP contribution in [0.4, 0.5) is 13.2 Å². The lowest BCUT2D eigenvalue weighted by atomic mass is 9.95. The van der Waals surface area contributed by atoms with Crippen molar-refractivity contribution >= 4 is 0 Å². The van der Waals surface area contributed by atoms with Crippen LogP contribution in [0.5, 0.6) is 11.5 Å². The van der Waals surface area contributed by atoms with E-state index in [9.17, 15) is 13.2 Å². The Morgan fingerprint density at radius 3 is 2.84 bits per heavy atom. The fraction of sp³-hybridized carbons (Fsp3) is 0.389. The molecule has 2 atom stereocenters. The molecule has 25 heavy (non-hydrogen) atoms. The predicted molar refractivity (Wildman–Crippen MR) is 87.5 cm³/mol. The number of rotatable bonds is 5. The van der Waals surface area contributed by atoms with Crippen LogP contribution >= 0.6 is 0 Å². The van der Waals surface area contributed by atoms with Gasteiger partial charge in [0, 0.05) is 42.0 Å². The molecule has 134 valence electrons. The molecule has 2 heterocycles. The van der Waals surface area contributed by atoms with E-state index in [2.05, 4.69) is 4.98 Å². The van der Waals surface area contributed by atoms with Crippen LogP contribution in [0.25, 0.3) is 11.1 Å². The lowest BCUT2D eigenvalue weighted by Gasteiger charge is -2.26. The molecule has 0 amide bonds. The van der Waals surface area contributed by atoms with E-state index in [4.69, 9.17) is 15.2 Å². The first-order valence-corrected chi connectivity index (χ1v) is 8.03. The van der Waals surface area contributed by atoms with Gasteiger partial charge in [-0.05, 0) is 37.1 Å². The fourth-order valence-electron chi connectivity index (χ4n) is 2.78. The highest BCUT2D eigenvalue weighted by Crippen LogP contribution is 2.43. The molecule has 2 unspecified atom stereocenters. The van der Waals surface area contributed by atoms with E-state index >= 15 is 0 Å². The molecule has 0 spiro atoms. The number of nitrogens with two attached hydrogens (primary N) is 1. The maximum absolute atomic E-state index is 12.2. The summed E-state index contributed by atoms with van der Waals surface area (Å²) in [6.07, 6.45) is -1.90. The Kier molecular flexibility index (Phi) is 4.85. The molecule has 2 N–H and O–H groups in total. The molecule has 0 bridgehead atoms. The van der Waals surface area contributed by atoms with Crippen LogP contribution in [0.15, 0.2) is 36.7 Å². The van der Waals surface area contributed by atoms with Gasteiger partial charge in [-0.25, -0.2) is 0 Å². The zero-order chi connectivity index (χ0) is 18.0. The molecular formula is C18H19F3N2O2. The van der Waals surface area contributed by atoms with Crippen LogP contribution in [0.1, 0.15) is 31.4 Å². The molecule has 1 aliphatic heterocycles. The summed E-state index contributed by atoms with van der Waals surface area (Å²) in [6, 6.07) is 6.63. The van der Waals surface area contributed by atoms with Gasteiger partial charge in [-0.3, -0.25) is 4.98 Å². The summed E-state index contributed by atoms with van der Waals surface area (Å²) in [7, 11) is 0. The number of nitrogens with zero attached hydrogens (tertiary/aromatic N) is 1.